The van der Waals surface area contributed by atoms with E-state index in [0.717, 1.165) is 49.6 Å². The van der Waals surface area contributed by atoms with Crippen LogP contribution in [0.5, 0.6) is 5.75 Å². The molecule has 3 aromatic rings. The van der Waals surface area contributed by atoms with Gasteiger partial charge in [-0.15, -0.1) is 0 Å². The van der Waals surface area contributed by atoms with Gasteiger partial charge in [0.15, 0.2) is 0 Å². The third kappa shape index (κ3) is 7.10. The van der Waals surface area contributed by atoms with Crippen molar-refractivity contribution in [2.24, 2.45) is 0 Å². The minimum absolute atomic E-state index is 0.0382. The minimum Gasteiger partial charge on any atom is -0.494 e. The van der Waals surface area contributed by atoms with E-state index in [-0.39, 0.29) is 18.8 Å². The lowest BCUT2D eigenvalue weighted by Crippen LogP contribution is -2.43. The van der Waals surface area contributed by atoms with Gasteiger partial charge >= 0.3 is 5.97 Å². The molecule has 0 aliphatic carbocycles. The fraction of sp³-hybridized carbons (Fsp3) is 0.357. The highest BCUT2D eigenvalue weighted by Crippen LogP contribution is 2.29. The number of carbonyl (C=O) groups is 1. The highest BCUT2D eigenvalue weighted by molar-refractivity contribution is 5.73. The molecule has 1 fully saturated rings. The average Bonchev–Trinajstić information content (AvgIpc) is 2.85. The molecule has 0 N–H and O–H groups in total. The first-order chi connectivity index (χ1) is 17.0. The maximum Gasteiger partial charge on any atom is 0.312 e. The van der Waals surface area contributed by atoms with Crippen molar-refractivity contribution in [2.75, 3.05) is 39.8 Å². The Morgan fingerprint density at radius 1 is 1.06 bits per heavy atom. The maximum absolute atomic E-state index is 13.3. The van der Waals surface area contributed by atoms with Crippen molar-refractivity contribution < 1.29 is 18.7 Å². The van der Waals surface area contributed by atoms with Crippen LogP contribution < -0.4 is 4.74 Å². The van der Waals surface area contributed by atoms with Gasteiger partial charge in [-0.2, -0.15) is 0 Å². The summed E-state index contributed by atoms with van der Waals surface area (Å²) in [5.74, 6) is 0.120. The van der Waals surface area contributed by atoms with Gasteiger partial charge in [0.2, 0.25) is 0 Å². The third-order valence-electron chi connectivity index (χ3n) is 6.13. The Bertz CT molecular complexity index is 1130. The molecule has 0 atom stereocenters. The number of esters is 1. The topological polar surface area (TPSA) is 54.9 Å². The number of benzene rings is 2. The Hall–Kier alpha value is -3.29. The Morgan fingerprint density at radius 3 is 2.60 bits per heavy atom. The summed E-state index contributed by atoms with van der Waals surface area (Å²) >= 11 is 0. The van der Waals surface area contributed by atoms with Crippen molar-refractivity contribution in [1.82, 2.24) is 14.8 Å². The largest absolute Gasteiger partial charge is 0.494 e. The normalized spacial score (nSPS) is 14.6. The van der Waals surface area contributed by atoms with Crippen molar-refractivity contribution in [3.8, 4) is 16.9 Å². The molecule has 1 saturated heterocycles. The summed E-state index contributed by atoms with van der Waals surface area (Å²) in [7, 11) is 2.16. The number of likely N-dealkylation sites (N-methyl/N-ethyl adjacent to an activating group) is 1. The van der Waals surface area contributed by atoms with Crippen LogP contribution in [0.1, 0.15) is 23.7 Å². The fourth-order valence-electron chi connectivity index (χ4n) is 4.16. The van der Waals surface area contributed by atoms with Crippen LogP contribution in [0.2, 0.25) is 0 Å². The second-order valence-electron chi connectivity index (χ2n) is 8.84. The van der Waals surface area contributed by atoms with E-state index >= 15 is 0 Å². The van der Waals surface area contributed by atoms with Crippen LogP contribution in [0, 0.1) is 5.82 Å². The molecule has 35 heavy (non-hydrogen) atoms. The van der Waals surface area contributed by atoms with Gasteiger partial charge in [-0.1, -0.05) is 24.3 Å². The lowest BCUT2D eigenvalue weighted by atomic mass is 9.99. The first-order valence-corrected chi connectivity index (χ1v) is 12.0. The number of rotatable bonds is 9. The zero-order valence-electron chi connectivity index (χ0n) is 20.4. The van der Waals surface area contributed by atoms with Crippen LogP contribution in [-0.4, -0.2) is 60.6 Å². The molecule has 184 valence electrons. The van der Waals surface area contributed by atoms with E-state index in [9.17, 15) is 9.18 Å². The van der Waals surface area contributed by atoms with Gasteiger partial charge in [0.1, 0.15) is 18.2 Å². The van der Waals surface area contributed by atoms with Crippen LogP contribution >= 0.6 is 0 Å². The van der Waals surface area contributed by atoms with Crippen LogP contribution in [-0.2, 0) is 29.1 Å². The lowest BCUT2D eigenvalue weighted by molar-refractivity contribution is -0.144. The van der Waals surface area contributed by atoms with Gasteiger partial charge in [-0.25, -0.2) is 4.39 Å². The number of pyridine rings is 1. The van der Waals surface area contributed by atoms with E-state index in [1.54, 1.807) is 18.3 Å². The summed E-state index contributed by atoms with van der Waals surface area (Å²) in [6.07, 6.45) is 1.87. The van der Waals surface area contributed by atoms with E-state index in [1.807, 2.05) is 25.1 Å². The van der Waals surface area contributed by atoms with Gasteiger partial charge in [0.25, 0.3) is 0 Å². The molecule has 2 heterocycles. The minimum atomic E-state index is -0.397. The number of piperazine rings is 1. The molecule has 4 rings (SSSR count). The second-order valence-corrected chi connectivity index (χ2v) is 8.84. The van der Waals surface area contributed by atoms with E-state index in [1.165, 1.54) is 17.7 Å². The highest BCUT2D eigenvalue weighted by Gasteiger charge is 2.17. The standard InChI is InChI=1S/C28H32FN3O3/c1-3-34-26-9-10-27(23(16-26)19-32-13-11-31(2)12-14-32)22-7-8-25(30-18-22)17-28(33)35-20-21-5-4-6-24(29)15-21/h4-10,15-16,18H,3,11-14,17,19-20H2,1-2H3. The van der Waals surface area contributed by atoms with Crippen LogP contribution in [0.3, 0.4) is 0 Å². The van der Waals surface area contributed by atoms with E-state index < -0.39 is 5.97 Å². The Labute approximate surface area is 206 Å². The van der Waals surface area contributed by atoms with Crippen LogP contribution in [0.25, 0.3) is 11.1 Å². The lowest BCUT2D eigenvalue weighted by Gasteiger charge is -2.32. The number of carbonyl (C=O) groups excluding carboxylic acids is 1. The number of aromatic nitrogens is 1. The van der Waals surface area contributed by atoms with Crippen molar-refractivity contribution in [3.63, 3.8) is 0 Å². The molecule has 0 bridgehead atoms. The summed E-state index contributed by atoms with van der Waals surface area (Å²) < 4.78 is 24.3. The zero-order valence-corrected chi connectivity index (χ0v) is 20.4. The van der Waals surface area contributed by atoms with Crippen LogP contribution in [0.15, 0.2) is 60.8 Å². The number of ether oxygens (including phenoxy) is 2. The Morgan fingerprint density at radius 2 is 1.89 bits per heavy atom. The van der Waals surface area contributed by atoms with E-state index in [4.69, 9.17) is 9.47 Å². The quantitative estimate of drug-likeness (QED) is 0.428. The van der Waals surface area contributed by atoms with E-state index in [0.29, 0.717) is 17.9 Å². The molecular weight excluding hydrogens is 445 g/mol. The summed E-state index contributed by atoms with van der Waals surface area (Å²) in [4.78, 5) is 21.6. The van der Waals surface area contributed by atoms with Gasteiger partial charge in [0, 0.05) is 44.5 Å². The monoisotopic (exact) mass is 477 g/mol. The molecule has 0 saturated carbocycles. The summed E-state index contributed by atoms with van der Waals surface area (Å²) in [6, 6.07) is 16.1. The molecule has 1 aliphatic rings. The molecule has 6 nitrogen and oxygen atoms in total. The zero-order chi connectivity index (χ0) is 24.6. The first kappa shape index (κ1) is 24.8. The van der Waals surface area contributed by atoms with Crippen molar-refractivity contribution >= 4 is 5.97 Å². The average molecular weight is 478 g/mol. The molecule has 0 amide bonds. The molecule has 7 heteroatoms. The molecule has 2 aromatic carbocycles. The number of nitrogens with zero attached hydrogens (tertiary/aromatic N) is 3. The van der Waals surface area contributed by atoms with Crippen molar-refractivity contribution in [3.05, 3.63) is 83.4 Å². The predicted octanol–water partition coefficient (Wildman–Crippen LogP) is 4.32. The van der Waals surface area contributed by atoms with Crippen LogP contribution in [0.4, 0.5) is 4.39 Å². The fourth-order valence-corrected chi connectivity index (χ4v) is 4.16. The highest BCUT2D eigenvalue weighted by atomic mass is 19.1. The summed E-state index contributed by atoms with van der Waals surface area (Å²) in [5.41, 5.74) is 4.55. The maximum atomic E-state index is 13.3. The number of hydrogen-bond acceptors (Lipinski definition) is 6. The Kier molecular flexibility index (Phi) is 8.45. The van der Waals surface area contributed by atoms with Gasteiger partial charge in [-0.05, 0) is 61.0 Å². The number of hydrogen-bond donors (Lipinski definition) is 0. The molecule has 0 radical (unpaired) electrons. The number of halogens is 1. The summed E-state index contributed by atoms with van der Waals surface area (Å²) in [6.45, 7) is 7.68. The van der Waals surface area contributed by atoms with Gasteiger partial charge in [-0.3, -0.25) is 14.7 Å². The molecule has 1 aliphatic heterocycles. The third-order valence-corrected chi connectivity index (χ3v) is 6.13. The molecule has 0 unspecified atom stereocenters. The SMILES string of the molecule is CCOc1ccc(-c2ccc(CC(=O)OCc3cccc(F)c3)nc2)c(CN2CCN(C)CC2)c1. The van der Waals surface area contributed by atoms with Gasteiger partial charge in [0.05, 0.1) is 18.7 Å². The summed E-state index contributed by atoms with van der Waals surface area (Å²) in [5, 5.41) is 0. The Balaban J connectivity index is 1.43. The van der Waals surface area contributed by atoms with Crippen molar-refractivity contribution in [2.45, 2.75) is 26.5 Å². The first-order valence-electron chi connectivity index (χ1n) is 12.0. The smallest absolute Gasteiger partial charge is 0.312 e. The van der Waals surface area contributed by atoms with Gasteiger partial charge < -0.3 is 14.4 Å². The molecule has 0 spiro atoms. The molecule has 1 aromatic heterocycles. The molecular formula is C28H32FN3O3. The van der Waals surface area contributed by atoms with Crippen molar-refractivity contribution in [1.29, 1.82) is 0 Å². The predicted molar refractivity (Wildman–Crippen MR) is 134 cm³/mol. The van der Waals surface area contributed by atoms with E-state index in [2.05, 4.69) is 34.0 Å². The second kappa shape index (κ2) is 11.9.